The quantitative estimate of drug-likeness (QED) is 0.652. The minimum atomic E-state index is 0.720. The Bertz CT molecular complexity index is 511. The zero-order valence-corrected chi connectivity index (χ0v) is 8.67. The van der Waals surface area contributed by atoms with Gasteiger partial charge in [0.05, 0.1) is 4.51 Å². The predicted octanol–water partition coefficient (Wildman–Crippen LogP) is 3.86. The lowest BCUT2D eigenvalue weighted by Crippen LogP contribution is -1.82. The van der Waals surface area contributed by atoms with E-state index in [9.17, 15) is 0 Å². The summed E-state index contributed by atoms with van der Waals surface area (Å²) in [5, 5.41) is 1.74. The van der Waals surface area contributed by atoms with Gasteiger partial charge < -0.3 is 4.98 Å². The number of aromatic amines is 1. The van der Waals surface area contributed by atoms with Crippen molar-refractivity contribution in [2.75, 3.05) is 0 Å². The van der Waals surface area contributed by atoms with Gasteiger partial charge in [0, 0.05) is 22.1 Å². The van der Waals surface area contributed by atoms with Crippen LogP contribution in [0, 0.1) is 11.4 Å². The van der Waals surface area contributed by atoms with Crippen LogP contribution in [0.5, 0.6) is 0 Å². The zero-order valence-electron chi connectivity index (χ0n) is 7.10. The Hall–Kier alpha value is -0.860. The van der Waals surface area contributed by atoms with Crippen LogP contribution >= 0.6 is 23.8 Å². The Kier molecular flexibility index (Phi) is 2.10. The van der Waals surface area contributed by atoms with Crippen molar-refractivity contribution in [2.24, 2.45) is 0 Å². The molecule has 2 rings (SSSR count). The molecule has 1 N–H and O–H groups in total. The number of hydrogen-bond donors (Lipinski definition) is 1. The number of nitrogens with one attached hydrogen (secondary N) is 1. The average molecular weight is 210 g/mol. The van der Waals surface area contributed by atoms with Gasteiger partial charge in [0.15, 0.2) is 0 Å². The molecule has 0 saturated carbocycles. The summed E-state index contributed by atoms with van der Waals surface area (Å²) in [5.74, 6) is 0. The number of halogens is 1. The van der Waals surface area contributed by atoms with Crippen LogP contribution in [-0.4, -0.2) is 4.98 Å². The van der Waals surface area contributed by atoms with E-state index in [1.54, 1.807) is 0 Å². The highest BCUT2D eigenvalue weighted by molar-refractivity contribution is 7.71. The zero-order chi connectivity index (χ0) is 9.42. The SMILES string of the molecule is Cc1c[nH]c2ccc(Cl)cc2c1=S. The molecule has 13 heavy (non-hydrogen) atoms. The number of rotatable bonds is 0. The van der Waals surface area contributed by atoms with E-state index < -0.39 is 0 Å². The first-order chi connectivity index (χ1) is 6.18. The number of H-pyrrole nitrogens is 1. The molecule has 0 saturated heterocycles. The number of pyridine rings is 1. The van der Waals surface area contributed by atoms with Crippen LogP contribution in [0.1, 0.15) is 5.56 Å². The molecule has 1 nitrogen and oxygen atoms in total. The number of benzene rings is 1. The van der Waals surface area contributed by atoms with Gasteiger partial charge in [0.2, 0.25) is 0 Å². The third-order valence-electron chi connectivity index (χ3n) is 2.03. The van der Waals surface area contributed by atoms with Gasteiger partial charge >= 0.3 is 0 Å². The minimum Gasteiger partial charge on any atom is -0.361 e. The van der Waals surface area contributed by atoms with Crippen molar-refractivity contribution in [1.29, 1.82) is 0 Å². The topological polar surface area (TPSA) is 15.8 Å². The maximum Gasteiger partial charge on any atom is 0.0514 e. The highest BCUT2D eigenvalue weighted by Gasteiger charge is 1.98. The Morgan fingerprint density at radius 2 is 2.15 bits per heavy atom. The van der Waals surface area contributed by atoms with Gasteiger partial charge in [-0.2, -0.15) is 0 Å². The maximum absolute atomic E-state index is 5.88. The van der Waals surface area contributed by atoms with Crippen LogP contribution in [0.2, 0.25) is 5.02 Å². The van der Waals surface area contributed by atoms with Crippen LogP contribution in [0.15, 0.2) is 24.4 Å². The molecule has 0 atom stereocenters. The first-order valence-corrected chi connectivity index (χ1v) is 4.74. The smallest absolute Gasteiger partial charge is 0.0514 e. The van der Waals surface area contributed by atoms with Crippen molar-refractivity contribution in [3.8, 4) is 0 Å². The molecule has 0 radical (unpaired) electrons. The number of hydrogen-bond acceptors (Lipinski definition) is 1. The molecule has 0 spiro atoms. The summed E-state index contributed by atoms with van der Waals surface area (Å²) in [6, 6.07) is 5.68. The van der Waals surface area contributed by atoms with Gasteiger partial charge in [-0.1, -0.05) is 23.8 Å². The fourth-order valence-corrected chi connectivity index (χ4v) is 1.69. The monoisotopic (exact) mass is 209 g/mol. The van der Waals surface area contributed by atoms with Gasteiger partial charge in [-0.25, -0.2) is 0 Å². The van der Waals surface area contributed by atoms with E-state index in [1.807, 2.05) is 31.3 Å². The van der Waals surface area contributed by atoms with E-state index in [0.717, 1.165) is 26.0 Å². The molecule has 1 aromatic carbocycles. The first-order valence-electron chi connectivity index (χ1n) is 3.96. The second-order valence-corrected chi connectivity index (χ2v) is 3.84. The summed E-state index contributed by atoms with van der Waals surface area (Å²) in [6.45, 7) is 1.99. The van der Waals surface area contributed by atoms with Crippen molar-refractivity contribution in [3.05, 3.63) is 39.5 Å². The van der Waals surface area contributed by atoms with Gasteiger partial charge in [-0.3, -0.25) is 0 Å². The van der Waals surface area contributed by atoms with Gasteiger partial charge in [0.1, 0.15) is 0 Å². The summed E-state index contributed by atoms with van der Waals surface area (Å²) in [6.07, 6.45) is 1.92. The van der Waals surface area contributed by atoms with Crippen LogP contribution in [0.4, 0.5) is 0 Å². The van der Waals surface area contributed by atoms with Crippen LogP contribution in [0.3, 0.4) is 0 Å². The average Bonchev–Trinajstić information content (AvgIpc) is 2.12. The predicted molar refractivity (Wildman–Crippen MR) is 58.9 cm³/mol. The molecule has 1 heterocycles. The molecule has 0 fully saturated rings. The van der Waals surface area contributed by atoms with Crippen molar-refractivity contribution >= 4 is 34.7 Å². The summed E-state index contributed by atoms with van der Waals surface area (Å²) in [7, 11) is 0. The second-order valence-electron chi connectivity index (χ2n) is 2.99. The second kappa shape index (κ2) is 3.13. The van der Waals surface area contributed by atoms with E-state index in [-0.39, 0.29) is 0 Å². The Morgan fingerprint density at radius 1 is 1.38 bits per heavy atom. The van der Waals surface area contributed by atoms with Crippen LogP contribution < -0.4 is 0 Å². The first kappa shape index (κ1) is 8.73. The summed E-state index contributed by atoms with van der Waals surface area (Å²) < 4.78 is 0.872. The minimum absolute atomic E-state index is 0.720. The largest absolute Gasteiger partial charge is 0.361 e. The van der Waals surface area contributed by atoms with Gasteiger partial charge in [-0.05, 0) is 30.7 Å². The fraction of sp³-hybridized carbons (Fsp3) is 0.100. The van der Waals surface area contributed by atoms with Crippen molar-refractivity contribution in [2.45, 2.75) is 6.92 Å². The Labute approximate surface area is 86.4 Å². The highest BCUT2D eigenvalue weighted by Crippen LogP contribution is 2.20. The molecule has 66 valence electrons. The third kappa shape index (κ3) is 1.47. The van der Waals surface area contributed by atoms with E-state index in [2.05, 4.69) is 4.98 Å². The summed E-state index contributed by atoms with van der Waals surface area (Å²) >= 11 is 11.2. The molecule has 0 aliphatic heterocycles. The summed E-state index contributed by atoms with van der Waals surface area (Å²) in [5.41, 5.74) is 2.10. The Balaban J connectivity index is 2.97. The highest BCUT2D eigenvalue weighted by atomic mass is 35.5. The fourth-order valence-electron chi connectivity index (χ4n) is 1.29. The molecule has 2 aromatic rings. The molecular weight excluding hydrogens is 202 g/mol. The molecule has 3 heteroatoms. The Morgan fingerprint density at radius 3 is 2.92 bits per heavy atom. The lowest BCUT2D eigenvalue weighted by Gasteiger charge is -2.00. The van der Waals surface area contributed by atoms with E-state index in [0.29, 0.717) is 0 Å². The lowest BCUT2D eigenvalue weighted by atomic mass is 10.2. The number of fused-ring (bicyclic) bond motifs is 1. The van der Waals surface area contributed by atoms with Crippen LogP contribution in [0.25, 0.3) is 10.9 Å². The molecule has 0 bridgehead atoms. The van der Waals surface area contributed by atoms with E-state index >= 15 is 0 Å². The van der Waals surface area contributed by atoms with Gasteiger partial charge in [0.25, 0.3) is 0 Å². The molecule has 1 aromatic heterocycles. The van der Waals surface area contributed by atoms with E-state index in [4.69, 9.17) is 23.8 Å². The van der Waals surface area contributed by atoms with Crippen molar-refractivity contribution < 1.29 is 0 Å². The van der Waals surface area contributed by atoms with E-state index in [1.165, 1.54) is 0 Å². The summed E-state index contributed by atoms with van der Waals surface area (Å²) in [4.78, 5) is 3.16. The number of aryl methyl sites for hydroxylation is 1. The lowest BCUT2D eigenvalue weighted by molar-refractivity contribution is 1.32. The number of aromatic nitrogens is 1. The molecule has 0 aliphatic carbocycles. The normalized spacial score (nSPS) is 10.6. The van der Waals surface area contributed by atoms with Crippen molar-refractivity contribution in [3.63, 3.8) is 0 Å². The molecule has 0 aliphatic rings. The van der Waals surface area contributed by atoms with Crippen LogP contribution in [-0.2, 0) is 0 Å². The molecular formula is C10H8ClNS. The molecule has 0 amide bonds. The molecule has 0 unspecified atom stereocenters. The maximum atomic E-state index is 5.88. The standard InChI is InChI=1S/C10H8ClNS/c1-6-5-12-9-3-2-7(11)4-8(9)10(6)13/h2-5H,1H3,(H,12,13). The van der Waals surface area contributed by atoms with Crippen molar-refractivity contribution in [1.82, 2.24) is 4.98 Å². The van der Waals surface area contributed by atoms with Gasteiger partial charge in [-0.15, -0.1) is 0 Å². The third-order valence-corrected chi connectivity index (χ3v) is 2.81.